The molecule has 1 rings (SSSR count). The Labute approximate surface area is 78.9 Å². The minimum absolute atomic E-state index is 0. The molecular formula is C10H27NO. The second kappa shape index (κ2) is 17.1. The van der Waals surface area contributed by atoms with Crippen LogP contribution in [0.15, 0.2) is 0 Å². The quantitative estimate of drug-likeness (QED) is 0.564. The molecule has 0 radical (unpaired) electrons. The molecule has 12 heavy (non-hydrogen) atoms. The van der Waals surface area contributed by atoms with Gasteiger partial charge < -0.3 is 4.74 Å². The van der Waals surface area contributed by atoms with Crippen LogP contribution in [0.25, 0.3) is 0 Å². The van der Waals surface area contributed by atoms with Crippen molar-refractivity contribution in [1.82, 2.24) is 4.90 Å². The molecular weight excluding hydrogens is 150 g/mol. The van der Waals surface area contributed by atoms with Crippen LogP contribution in [0.2, 0.25) is 0 Å². The van der Waals surface area contributed by atoms with Gasteiger partial charge in [-0.3, -0.25) is 4.90 Å². The Kier molecular flexibility index (Phi) is 25.5. The van der Waals surface area contributed by atoms with Crippen LogP contribution in [0.1, 0.15) is 41.5 Å². The van der Waals surface area contributed by atoms with Crippen LogP contribution in [0.5, 0.6) is 0 Å². The molecule has 1 aliphatic rings. The second-order valence-corrected chi connectivity index (χ2v) is 1.97. The maximum Gasteiger partial charge on any atom is 0.0987 e. The average molecular weight is 177 g/mol. The molecule has 1 fully saturated rings. The minimum Gasteiger partial charge on any atom is -0.366 e. The zero-order valence-corrected chi connectivity index (χ0v) is 8.68. The highest BCUT2D eigenvalue weighted by Crippen LogP contribution is 1.95. The highest BCUT2D eigenvalue weighted by molar-refractivity contribution is 4.49. The van der Waals surface area contributed by atoms with E-state index in [1.165, 1.54) is 13.0 Å². The van der Waals surface area contributed by atoms with Crippen molar-refractivity contribution in [1.29, 1.82) is 0 Å². The van der Waals surface area contributed by atoms with Crippen LogP contribution >= 0.6 is 0 Å². The Morgan fingerprint density at radius 2 is 1.58 bits per heavy atom. The Hall–Kier alpha value is -0.0800. The molecule has 0 unspecified atom stereocenters. The molecule has 0 saturated carbocycles. The van der Waals surface area contributed by atoms with Crippen LogP contribution in [0.4, 0.5) is 0 Å². The van der Waals surface area contributed by atoms with Gasteiger partial charge >= 0.3 is 0 Å². The largest absolute Gasteiger partial charge is 0.366 e. The minimum atomic E-state index is 0. The molecule has 0 atom stereocenters. The zero-order chi connectivity index (χ0) is 9.11. The van der Waals surface area contributed by atoms with Crippen LogP contribution < -0.4 is 0 Å². The third-order valence-corrected chi connectivity index (χ3v) is 1.14. The lowest BCUT2D eigenvalue weighted by Crippen LogP contribution is -2.28. The van der Waals surface area contributed by atoms with E-state index in [-0.39, 0.29) is 7.43 Å². The van der Waals surface area contributed by atoms with Gasteiger partial charge in [-0.25, -0.2) is 0 Å². The number of ether oxygens (including phenoxy) is 1. The zero-order valence-electron chi connectivity index (χ0n) is 8.68. The van der Waals surface area contributed by atoms with Crippen molar-refractivity contribution in [3.05, 3.63) is 0 Å². The summed E-state index contributed by atoms with van der Waals surface area (Å²) in [6, 6.07) is 0. The van der Waals surface area contributed by atoms with Crippen LogP contribution in [-0.4, -0.2) is 31.8 Å². The predicted octanol–water partition coefficient (Wildman–Crippen LogP) is 2.98. The average Bonchev–Trinajstić information content (AvgIpc) is 2.13. The van der Waals surface area contributed by atoms with E-state index in [4.69, 9.17) is 4.74 Å². The summed E-state index contributed by atoms with van der Waals surface area (Å²) in [5.41, 5.74) is 0. The molecule has 2 nitrogen and oxygen atoms in total. The highest BCUT2D eigenvalue weighted by atomic mass is 16.5. The number of nitrogens with zero attached hydrogens (tertiary/aromatic N) is 1. The van der Waals surface area contributed by atoms with Crippen molar-refractivity contribution in [2.24, 2.45) is 0 Å². The van der Waals surface area contributed by atoms with Gasteiger partial charge in [0.1, 0.15) is 0 Å². The topological polar surface area (TPSA) is 12.5 Å². The van der Waals surface area contributed by atoms with E-state index in [0.717, 1.165) is 13.3 Å². The number of hydrogen-bond acceptors (Lipinski definition) is 2. The number of rotatable bonds is 0. The lowest BCUT2D eigenvalue weighted by atomic mass is 10.4. The van der Waals surface area contributed by atoms with E-state index in [1.807, 2.05) is 27.7 Å². The molecule has 2 heteroatoms. The third kappa shape index (κ3) is 12.6. The first kappa shape index (κ1) is 17.9. The van der Waals surface area contributed by atoms with Crippen molar-refractivity contribution in [3.63, 3.8) is 0 Å². The van der Waals surface area contributed by atoms with Gasteiger partial charge in [0.2, 0.25) is 0 Å². The fraction of sp³-hybridized carbons (Fsp3) is 1.00. The van der Waals surface area contributed by atoms with Crippen LogP contribution in [0, 0.1) is 0 Å². The van der Waals surface area contributed by atoms with Gasteiger partial charge in [0, 0.05) is 13.2 Å². The standard InChI is InChI=1S/C5H11NO.2C2H6.CH4/c1-6-3-2-4-7-5-6;2*1-2;/h2-5H2,1H3;2*1-2H3;1H4. The summed E-state index contributed by atoms with van der Waals surface area (Å²) in [5, 5.41) is 0. The van der Waals surface area contributed by atoms with Crippen molar-refractivity contribution >= 4 is 0 Å². The van der Waals surface area contributed by atoms with Gasteiger partial charge in [-0.15, -0.1) is 0 Å². The lowest BCUT2D eigenvalue weighted by molar-refractivity contribution is 0.00119. The number of hydrogen-bond donors (Lipinski definition) is 0. The summed E-state index contributed by atoms with van der Waals surface area (Å²) in [5.74, 6) is 0. The summed E-state index contributed by atoms with van der Waals surface area (Å²) < 4.78 is 5.11. The molecule has 0 spiro atoms. The van der Waals surface area contributed by atoms with Crippen LogP contribution in [0.3, 0.4) is 0 Å². The first-order valence-corrected chi connectivity index (χ1v) is 4.66. The van der Waals surface area contributed by atoms with Gasteiger partial charge in [-0.05, 0) is 13.5 Å². The molecule has 0 aromatic heterocycles. The molecule has 1 saturated heterocycles. The summed E-state index contributed by atoms with van der Waals surface area (Å²) in [6.07, 6.45) is 1.19. The van der Waals surface area contributed by atoms with E-state index >= 15 is 0 Å². The summed E-state index contributed by atoms with van der Waals surface area (Å²) >= 11 is 0. The Balaban J connectivity index is -0.000000144. The predicted molar refractivity (Wildman–Crippen MR) is 57.5 cm³/mol. The molecule has 0 aliphatic carbocycles. The first-order valence-electron chi connectivity index (χ1n) is 4.66. The molecule has 0 bridgehead atoms. The van der Waals surface area contributed by atoms with E-state index in [2.05, 4.69) is 11.9 Å². The van der Waals surface area contributed by atoms with Gasteiger partial charge in [0.15, 0.2) is 0 Å². The van der Waals surface area contributed by atoms with Crippen molar-refractivity contribution in [2.45, 2.75) is 41.5 Å². The van der Waals surface area contributed by atoms with E-state index < -0.39 is 0 Å². The molecule has 0 amide bonds. The summed E-state index contributed by atoms with van der Waals surface area (Å²) in [7, 11) is 2.07. The van der Waals surface area contributed by atoms with Gasteiger partial charge in [-0.2, -0.15) is 0 Å². The molecule has 0 aromatic carbocycles. The van der Waals surface area contributed by atoms with E-state index in [9.17, 15) is 0 Å². The maximum absolute atomic E-state index is 5.11. The summed E-state index contributed by atoms with van der Waals surface area (Å²) in [4.78, 5) is 2.17. The fourth-order valence-corrected chi connectivity index (χ4v) is 0.721. The van der Waals surface area contributed by atoms with Crippen LogP contribution in [-0.2, 0) is 4.74 Å². The van der Waals surface area contributed by atoms with Crippen molar-refractivity contribution in [3.8, 4) is 0 Å². The fourth-order valence-electron chi connectivity index (χ4n) is 0.721. The smallest absolute Gasteiger partial charge is 0.0987 e. The van der Waals surface area contributed by atoms with Crippen molar-refractivity contribution in [2.75, 3.05) is 26.9 Å². The third-order valence-electron chi connectivity index (χ3n) is 1.14. The second-order valence-electron chi connectivity index (χ2n) is 1.97. The Morgan fingerprint density at radius 3 is 1.75 bits per heavy atom. The normalized spacial score (nSPS) is 15.8. The van der Waals surface area contributed by atoms with Gasteiger partial charge in [0.25, 0.3) is 0 Å². The van der Waals surface area contributed by atoms with E-state index in [1.54, 1.807) is 0 Å². The van der Waals surface area contributed by atoms with E-state index in [0.29, 0.717) is 0 Å². The van der Waals surface area contributed by atoms with Gasteiger partial charge in [-0.1, -0.05) is 35.1 Å². The van der Waals surface area contributed by atoms with Gasteiger partial charge in [0.05, 0.1) is 6.73 Å². The Bertz CT molecular complexity index is 51.8. The summed E-state index contributed by atoms with van der Waals surface area (Å²) in [6.45, 7) is 11.0. The molecule has 0 aromatic rings. The first-order chi connectivity index (χ1) is 5.39. The molecule has 78 valence electrons. The highest BCUT2D eigenvalue weighted by Gasteiger charge is 2.02. The SMILES string of the molecule is C.CC.CC.CN1CCCOC1. The molecule has 1 heterocycles. The monoisotopic (exact) mass is 177 g/mol. The van der Waals surface area contributed by atoms with Crippen molar-refractivity contribution < 1.29 is 4.74 Å². The Morgan fingerprint density at radius 1 is 1.08 bits per heavy atom. The molecule has 0 N–H and O–H groups in total. The molecule has 1 aliphatic heterocycles. The maximum atomic E-state index is 5.11. The lowest BCUT2D eigenvalue weighted by Gasteiger charge is -2.21.